The second-order valence-electron chi connectivity index (χ2n) is 22.3. The van der Waals surface area contributed by atoms with E-state index in [1.54, 1.807) is 48.5 Å². The molecule has 0 atom stereocenters. The summed E-state index contributed by atoms with van der Waals surface area (Å²) in [4.78, 5) is 27.4. The van der Waals surface area contributed by atoms with Crippen molar-refractivity contribution >= 4 is 118 Å². The summed E-state index contributed by atoms with van der Waals surface area (Å²) < 4.78 is 9.12. The fraction of sp³-hybridized carbons (Fsp3) is 0.147. The fourth-order valence-corrected chi connectivity index (χ4v) is 11.6. The molecule has 0 spiro atoms. The molecule has 0 unspecified atom stereocenters. The average Bonchev–Trinajstić information content (AvgIpc) is 1.27. The van der Waals surface area contributed by atoms with E-state index < -0.39 is 23.4 Å². The SMILES string of the molecule is Cc1cc(/C=C/c2ccc3cc(N(C)C)ccc3[n+]2C)c(C)n1-c1ccccc1.Cc1cc(/C=C/c2ccc3cc(N(C)C)ccc3[n+]2C)c(C)n1-c1ccccc1.O=C(O)c1cc2ccccc2c(Cc2c([O-])c(C(=O)O)cc3ccccc23)c1[O-].[Pb]. The number of nitrogens with zero attached hydrogens (tertiary/aromatic N) is 6. The van der Waals surface area contributed by atoms with Gasteiger partial charge in [0.25, 0.3) is 0 Å². The molecule has 0 aliphatic carbocycles. The number of carboxylic acid groups (broad SMARTS) is 2. The molecule has 0 bridgehead atoms. The van der Waals surface area contributed by atoms with Crippen LogP contribution in [0.25, 0.3) is 79.0 Å². The molecule has 0 aliphatic heterocycles. The Labute approximate surface area is 533 Å². The van der Waals surface area contributed by atoms with Gasteiger partial charge in [-0.05, 0) is 175 Å². The molecular weight excluding hydrogens is 1290 g/mol. The van der Waals surface area contributed by atoms with Crippen LogP contribution in [0.15, 0.2) is 194 Å². The van der Waals surface area contributed by atoms with E-state index in [9.17, 15) is 30.0 Å². The zero-order valence-electron chi connectivity index (χ0n) is 51.2. The summed E-state index contributed by atoms with van der Waals surface area (Å²) in [7, 11) is 12.6. The quantitative estimate of drug-likeness (QED) is 0.0909. The van der Waals surface area contributed by atoms with Crippen LogP contribution >= 0.6 is 0 Å². The third-order valence-electron chi connectivity index (χ3n) is 16.3. The van der Waals surface area contributed by atoms with Crippen LogP contribution < -0.4 is 29.1 Å². The smallest absolute Gasteiger partial charge is 0.335 e. The Hall–Kier alpha value is -9.80. The maximum absolute atomic E-state index is 12.9. The van der Waals surface area contributed by atoms with Crippen molar-refractivity contribution < 1.29 is 39.1 Å². The topological polar surface area (TPSA) is 145 Å². The second kappa shape index (κ2) is 26.9. The molecule has 4 heterocycles. The summed E-state index contributed by atoms with van der Waals surface area (Å²) in [5, 5.41) is 49.3. The Bertz CT molecular complexity index is 4360. The number of pyridine rings is 2. The molecule has 0 aliphatic rings. The predicted molar refractivity (Wildman–Crippen MR) is 357 cm³/mol. The van der Waals surface area contributed by atoms with Crippen LogP contribution in [0.5, 0.6) is 11.5 Å². The molecule has 88 heavy (non-hydrogen) atoms. The number of aromatic nitrogens is 4. The molecular formula is C75H70N6O6Pb. The molecule has 13 heteroatoms. The second-order valence-corrected chi connectivity index (χ2v) is 22.3. The number of para-hydroxylation sites is 2. The van der Waals surface area contributed by atoms with Gasteiger partial charge in [-0.3, -0.25) is 0 Å². The first kappa shape index (κ1) is 62.7. The van der Waals surface area contributed by atoms with E-state index in [0.717, 1.165) is 0 Å². The van der Waals surface area contributed by atoms with Gasteiger partial charge >= 0.3 is 11.9 Å². The van der Waals surface area contributed by atoms with E-state index in [2.05, 4.69) is 256 Å². The Morgan fingerprint density at radius 1 is 0.455 bits per heavy atom. The molecule has 12 rings (SSSR count). The van der Waals surface area contributed by atoms with Gasteiger partial charge in [0.1, 0.15) is 14.1 Å². The standard InChI is InChI=1S/2C26H28N3.C23H16O6.Pb/c2*1-19-17-21(20(2)29(19)24-9-7-6-8-10-24)11-13-23-14-12-22-18-25(27(3)4)15-16-26(22)28(23)5;24-20-16(14-7-3-1-5-12(14)9-18(20)22(26)27)11-17-15-8-4-2-6-13(15)10-19(21(17)25)23(28)29;/h2*6-18H,1-5H3;1-10,24-25H,11H2,(H,26,27)(H,28,29);/q2*+1;;/p-2. The Kier molecular flexibility index (Phi) is 19.1. The number of benzene rings is 8. The number of hydrogen-bond donors (Lipinski definition) is 2. The minimum absolute atomic E-state index is 0. The van der Waals surface area contributed by atoms with Crippen LogP contribution in [0.4, 0.5) is 11.4 Å². The molecule has 2 N–H and O–H groups in total. The molecule has 8 aromatic carbocycles. The number of hydrogen-bond acceptors (Lipinski definition) is 6. The number of anilines is 2. The van der Waals surface area contributed by atoms with Gasteiger partial charge in [0, 0.05) is 148 Å². The first-order chi connectivity index (χ1) is 41.8. The van der Waals surface area contributed by atoms with Crippen molar-refractivity contribution in [1.29, 1.82) is 0 Å². The molecule has 4 aromatic heterocycles. The van der Waals surface area contributed by atoms with Crippen molar-refractivity contribution in [1.82, 2.24) is 9.13 Å². The Morgan fingerprint density at radius 2 is 0.818 bits per heavy atom. The van der Waals surface area contributed by atoms with E-state index in [0.29, 0.717) is 21.5 Å². The van der Waals surface area contributed by atoms with Crippen molar-refractivity contribution in [3.63, 3.8) is 0 Å². The molecule has 0 saturated heterocycles. The minimum Gasteiger partial charge on any atom is -0.872 e. The van der Waals surface area contributed by atoms with E-state index in [1.807, 2.05) is 0 Å². The van der Waals surface area contributed by atoms with Crippen molar-refractivity contribution in [3.05, 3.63) is 262 Å². The van der Waals surface area contributed by atoms with Crippen LogP contribution in [0.1, 0.15) is 77.1 Å². The van der Waals surface area contributed by atoms with Gasteiger partial charge in [-0.25, -0.2) is 9.59 Å². The van der Waals surface area contributed by atoms with Crippen LogP contribution in [0.2, 0.25) is 0 Å². The number of rotatable bonds is 12. The van der Waals surface area contributed by atoms with Crippen molar-refractivity contribution in [2.45, 2.75) is 34.1 Å². The number of carbonyl (C=O) groups is 2. The number of aromatic carboxylic acids is 2. The maximum Gasteiger partial charge on any atom is 0.335 e. The summed E-state index contributed by atoms with van der Waals surface area (Å²) in [6.45, 7) is 8.69. The van der Waals surface area contributed by atoms with Gasteiger partial charge in [0.2, 0.25) is 22.4 Å². The van der Waals surface area contributed by atoms with Crippen molar-refractivity contribution in [2.24, 2.45) is 14.1 Å². The minimum atomic E-state index is -1.35. The maximum atomic E-state index is 12.9. The zero-order chi connectivity index (χ0) is 61.8. The summed E-state index contributed by atoms with van der Waals surface area (Å²) in [6.07, 6.45) is 8.68. The Morgan fingerprint density at radius 3 is 1.18 bits per heavy atom. The summed E-state index contributed by atoms with van der Waals surface area (Å²) in [6, 6.07) is 63.8. The van der Waals surface area contributed by atoms with E-state index in [4.69, 9.17) is 0 Å². The molecule has 12 aromatic rings. The normalized spacial score (nSPS) is 11.2. The number of fused-ring (bicyclic) bond motifs is 4. The van der Waals surface area contributed by atoms with Crippen molar-refractivity contribution in [3.8, 4) is 22.9 Å². The fourth-order valence-electron chi connectivity index (χ4n) is 11.6. The summed E-state index contributed by atoms with van der Waals surface area (Å²) >= 11 is 0. The summed E-state index contributed by atoms with van der Waals surface area (Å²) in [5.41, 5.74) is 16.7. The molecule has 440 valence electrons. The van der Waals surface area contributed by atoms with Crippen LogP contribution in [0, 0.1) is 27.7 Å². The van der Waals surface area contributed by atoms with Gasteiger partial charge in [-0.2, -0.15) is 9.13 Å². The number of aryl methyl sites for hydroxylation is 4. The van der Waals surface area contributed by atoms with Gasteiger partial charge in [0.05, 0.1) is 11.1 Å². The third kappa shape index (κ3) is 13.0. The van der Waals surface area contributed by atoms with Crippen molar-refractivity contribution in [2.75, 3.05) is 38.0 Å². The van der Waals surface area contributed by atoms with Crippen LogP contribution in [0.3, 0.4) is 0 Å². The van der Waals surface area contributed by atoms with E-state index in [-0.39, 0.29) is 56.0 Å². The molecule has 12 nitrogen and oxygen atoms in total. The van der Waals surface area contributed by atoms with Gasteiger partial charge in [-0.1, -0.05) is 96.4 Å². The average molecular weight is 1360 g/mol. The monoisotopic (exact) mass is 1360 g/mol. The largest absolute Gasteiger partial charge is 0.872 e. The predicted octanol–water partition coefficient (Wildman–Crippen LogP) is 13.4. The summed E-state index contributed by atoms with van der Waals surface area (Å²) in [5.74, 6) is -4.07. The molecule has 0 saturated carbocycles. The van der Waals surface area contributed by atoms with Gasteiger partial charge in [0.15, 0.2) is 0 Å². The van der Waals surface area contributed by atoms with Gasteiger partial charge < -0.3 is 39.4 Å². The molecule has 0 fully saturated rings. The third-order valence-corrected chi connectivity index (χ3v) is 16.3. The van der Waals surface area contributed by atoms with Crippen LogP contribution in [-0.4, -0.2) is 86.8 Å². The first-order valence-electron chi connectivity index (χ1n) is 28.7. The zero-order valence-corrected chi connectivity index (χ0v) is 55.1. The van der Waals surface area contributed by atoms with E-state index in [1.165, 1.54) is 102 Å². The van der Waals surface area contributed by atoms with Gasteiger partial charge in [-0.15, -0.1) is 0 Å². The molecule has 0 amide bonds. The first-order valence-corrected chi connectivity index (χ1v) is 28.7. The molecule has 4 radical (unpaired) electrons. The van der Waals surface area contributed by atoms with Crippen LogP contribution in [-0.2, 0) is 20.5 Å². The van der Waals surface area contributed by atoms with E-state index >= 15 is 0 Å². The number of carboxylic acids is 2. The Balaban J connectivity index is 0.000000156.